The molecular formula is C16H22N5O14P3. The quantitative estimate of drug-likeness (QED) is 0.146. The van der Waals surface area contributed by atoms with Crippen molar-refractivity contribution >= 4 is 50.8 Å². The number of aromatic amines is 1. The van der Waals surface area contributed by atoms with Crippen molar-refractivity contribution in [2.24, 2.45) is 0 Å². The van der Waals surface area contributed by atoms with Crippen molar-refractivity contribution in [3.63, 3.8) is 0 Å². The van der Waals surface area contributed by atoms with Crippen LogP contribution in [0.3, 0.4) is 0 Å². The van der Waals surface area contributed by atoms with E-state index in [1.807, 2.05) is 0 Å². The summed E-state index contributed by atoms with van der Waals surface area (Å²) in [5, 5.41) is 36.3. The Morgan fingerprint density at radius 1 is 1.18 bits per heavy atom. The van der Waals surface area contributed by atoms with E-state index in [1.54, 1.807) is 13.1 Å². The first-order valence-electron chi connectivity index (χ1n) is 10.4. The first-order valence-corrected chi connectivity index (χ1v) is 14.9. The molecule has 22 heteroatoms. The molecule has 2 aromatic heterocycles. The average Bonchev–Trinajstić information content (AvgIpc) is 3.18. The van der Waals surface area contributed by atoms with Gasteiger partial charge in [0.1, 0.15) is 23.3 Å². The van der Waals surface area contributed by atoms with Gasteiger partial charge >= 0.3 is 23.5 Å². The molecule has 1 aromatic carbocycles. The monoisotopic (exact) mass is 601 g/mol. The van der Waals surface area contributed by atoms with Crippen LogP contribution in [0.5, 0.6) is 0 Å². The summed E-state index contributed by atoms with van der Waals surface area (Å²) >= 11 is 0. The Morgan fingerprint density at radius 3 is 2.50 bits per heavy atom. The van der Waals surface area contributed by atoms with Gasteiger partial charge < -0.3 is 39.8 Å². The van der Waals surface area contributed by atoms with E-state index < -0.39 is 59.7 Å². The van der Waals surface area contributed by atoms with Crippen LogP contribution in [-0.4, -0.2) is 81.2 Å². The molecule has 6 atom stereocenters. The molecule has 3 aromatic rings. The van der Waals surface area contributed by atoms with Crippen LogP contribution in [0.15, 0.2) is 23.3 Å². The number of aliphatic hydroxyl groups excluding tert-OH is 1. The Balaban J connectivity index is 1.61. The highest BCUT2D eigenvalue weighted by Gasteiger charge is 2.54. The third-order valence-electron chi connectivity index (χ3n) is 5.54. The van der Waals surface area contributed by atoms with Crippen LogP contribution in [-0.2, 0) is 31.6 Å². The molecular weight excluding hydrogens is 579 g/mol. The molecule has 210 valence electrons. The summed E-state index contributed by atoms with van der Waals surface area (Å²) in [6, 6.07) is 1.57. The van der Waals surface area contributed by atoms with Crippen molar-refractivity contribution in [3.8, 4) is 0 Å². The SMILES string of the molecule is CNc1cc2c(=O)[nH]ncc3nn([C@@H]4O[C@H](COP(=O)(O)OP(=O)(O)OP(=O)(O)O)[C@@H](O)[C@@]4(C)O)cc1c32. The lowest BCUT2D eigenvalue weighted by Crippen LogP contribution is -2.44. The normalized spacial score (nSPS) is 27.4. The van der Waals surface area contributed by atoms with Crippen LogP contribution in [0.25, 0.3) is 21.7 Å². The highest BCUT2D eigenvalue weighted by Crippen LogP contribution is 2.66. The summed E-state index contributed by atoms with van der Waals surface area (Å²) in [4.78, 5) is 48.5. The number of rotatable bonds is 9. The third-order valence-corrected chi connectivity index (χ3v) is 9.34. The van der Waals surface area contributed by atoms with Crippen LogP contribution in [0.4, 0.5) is 5.69 Å². The van der Waals surface area contributed by atoms with Gasteiger partial charge in [0.15, 0.2) is 6.23 Å². The average molecular weight is 601 g/mol. The number of phosphoric ester groups is 1. The minimum atomic E-state index is -5.75. The molecule has 8 N–H and O–H groups in total. The zero-order valence-electron chi connectivity index (χ0n) is 19.3. The second kappa shape index (κ2) is 9.83. The number of aliphatic hydroxyl groups is 2. The fourth-order valence-corrected chi connectivity index (χ4v) is 6.99. The van der Waals surface area contributed by atoms with Gasteiger partial charge in [0.25, 0.3) is 5.56 Å². The number of hydrogen-bond acceptors (Lipinski definition) is 13. The zero-order chi connectivity index (χ0) is 28.3. The number of hydrogen-bond donors (Lipinski definition) is 8. The van der Waals surface area contributed by atoms with Gasteiger partial charge in [-0.2, -0.15) is 18.8 Å². The third kappa shape index (κ3) is 5.76. The van der Waals surface area contributed by atoms with E-state index >= 15 is 0 Å². The van der Waals surface area contributed by atoms with Crippen molar-refractivity contribution in [2.75, 3.05) is 19.0 Å². The van der Waals surface area contributed by atoms with Crippen molar-refractivity contribution < 1.29 is 61.4 Å². The van der Waals surface area contributed by atoms with Crippen LogP contribution < -0.4 is 10.9 Å². The van der Waals surface area contributed by atoms with Crippen LogP contribution in [0.1, 0.15) is 13.2 Å². The fourth-order valence-electron chi connectivity index (χ4n) is 3.96. The molecule has 0 radical (unpaired) electrons. The highest BCUT2D eigenvalue weighted by atomic mass is 31.3. The summed E-state index contributed by atoms with van der Waals surface area (Å²) in [7, 11) is -15.2. The van der Waals surface area contributed by atoms with Crippen LogP contribution in [0, 0.1) is 0 Å². The predicted molar refractivity (Wildman–Crippen MR) is 126 cm³/mol. The number of nitrogens with zero attached hydrogens (tertiary/aromatic N) is 3. The summed E-state index contributed by atoms with van der Waals surface area (Å²) in [5.41, 5.74) is -1.83. The first kappa shape index (κ1) is 28.9. The van der Waals surface area contributed by atoms with Crippen molar-refractivity contribution in [1.82, 2.24) is 20.0 Å². The summed E-state index contributed by atoms with van der Waals surface area (Å²) < 4.78 is 52.8. The minimum absolute atomic E-state index is 0.211. The van der Waals surface area contributed by atoms with Gasteiger partial charge in [-0.15, -0.1) is 0 Å². The number of H-pyrrole nitrogens is 1. The van der Waals surface area contributed by atoms with Crippen LogP contribution in [0.2, 0.25) is 0 Å². The maximum atomic E-state index is 12.3. The Kier molecular flexibility index (Phi) is 7.48. The summed E-state index contributed by atoms with van der Waals surface area (Å²) in [6.07, 6.45) is -2.06. The Hall–Kier alpha value is -2.08. The smallest absolute Gasteiger partial charge is 0.388 e. The Morgan fingerprint density at radius 2 is 1.87 bits per heavy atom. The highest BCUT2D eigenvalue weighted by molar-refractivity contribution is 7.66. The molecule has 1 aliphatic heterocycles. The second-order valence-corrected chi connectivity index (χ2v) is 12.7. The molecule has 3 heterocycles. The summed E-state index contributed by atoms with van der Waals surface area (Å²) in [6.45, 7) is 0.174. The van der Waals surface area contributed by atoms with Gasteiger partial charge in [0.05, 0.1) is 18.2 Å². The second-order valence-electron chi connectivity index (χ2n) is 8.29. The lowest BCUT2D eigenvalue weighted by Gasteiger charge is -2.27. The first-order chi connectivity index (χ1) is 17.4. The molecule has 4 rings (SSSR count). The van der Waals surface area contributed by atoms with E-state index in [0.717, 1.165) is 4.68 Å². The van der Waals surface area contributed by atoms with Gasteiger partial charge in [0.2, 0.25) is 0 Å². The fraction of sp³-hybridized carbons (Fsp3) is 0.438. The molecule has 1 aliphatic rings. The number of ether oxygens (including phenoxy) is 1. The van der Waals surface area contributed by atoms with Gasteiger partial charge in [-0.3, -0.25) is 9.32 Å². The molecule has 0 spiro atoms. The van der Waals surface area contributed by atoms with Crippen LogP contribution >= 0.6 is 23.5 Å². The molecule has 0 aliphatic carbocycles. The van der Waals surface area contributed by atoms with Gasteiger partial charge in [-0.05, 0) is 13.0 Å². The topological polar surface area (TPSA) is 285 Å². The van der Waals surface area contributed by atoms with E-state index in [-0.39, 0.29) is 10.9 Å². The molecule has 38 heavy (non-hydrogen) atoms. The largest absolute Gasteiger partial charge is 0.490 e. The number of nitrogens with one attached hydrogen (secondary N) is 2. The molecule has 1 fully saturated rings. The van der Waals surface area contributed by atoms with Crippen molar-refractivity contribution in [3.05, 3.63) is 28.8 Å². The zero-order valence-corrected chi connectivity index (χ0v) is 22.0. The van der Waals surface area contributed by atoms with E-state index in [1.165, 1.54) is 19.3 Å². The van der Waals surface area contributed by atoms with Gasteiger partial charge in [-0.25, -0.2) is 23.5 Å². The summed E-state index contributed by atoms with van der Waals surface area (Å²) in [5.74, 6) is 0. The van der Waals surface area contributed by atoms with Crippen molar-refractivity contribution in [2.45, 2.75) is 31.0 Å². The number of phosphoric acid groups is 3. The maximum Gasteiger partial charge on any atom is 0.490 e. The molecule has 0 bridgehead atoms. The standard InChI is InChI=1S/C16H22N5O14P3/c1-16(24)13(22)11(6-32-37(28,29)35-38(30,31)34-36(25,26)27)33-15(16)21-5-8-9(17-2)3-7-12(8)10(20-21)4-18-19-14(7)23/h3-5,11,13,15,17,22,24H,6H2,1-2H3,(H,19,23)(H,28,29)(H,30,31)(H2,25,26,27)/t11-,13-,15-,16-/m1/s1. The molecule has 0 saturated carbocycles. The molecule has 0 amide bonds. The Labute approximate surface area is 211 Å². The molecule has 1 saturated heterocycles. The lowest BCUT2D eigenvalue weighted by molar-refractivity contribution is -0.102. The minimum Gasteiger partial charge on any atom is -0.388 e. The molecule has 2 unspecified atom stereocenters. The van der Waals surface area contributed by atoms with E-state index in [0.29, 0.717) is 16.5 Å². The lowest BCUT2D eigenvalue weighted by atomic mass is 9.97. The van der Waals surface area contributed by atoms with Gasteiger partial charge in [0, 0.05) is 29.7 Å². The van der Waals surface area contributed by atoms with Gasteiger partial charge in [-0.1, -0.05) is 0 Å². The number of aromatic nitrogens is 4. The number of anilines is 1. The van der Waals surface area contributed by atoms with Crippen molar-refractivity contribution in [1.29, 1.82) is 0 Å². The Bertz CT molecular complexity index is 1580. The van der Waals surface area contributed by atoms with E-state index in [9.17, 15) is 38.5 Å². The molecule has 19 nitrogen and oxygen atoms in total. The van der Waals surface area contributed by atoms with E-state index in [4.69, 9.17) is 14.5 Å². The van der Waals surface area contributed by atoms with E-state index in [2.05, 4.69) is 33.8 Å². The predicted octanol–water partition coefficient (Wildman–Crippen LogP) is -0.333. The maximum absolute atomic E-state index is 12.3.